The molecule has 2 rings (SSSR count). The highest BCUT2D eigenvalue weighted by Gasteiger charge is 2.21. The molecule has 6 heteroatoms. The number of rotatable bonds is 3. The van der Waals surface area contributed by atoms with Crippen LogP contribution in [0.15, 0.2) is 24.3 Å². The van der Waals surface area contributed by atoms with Gasteiger partial charge in [0.25, 0.3) is 0 Å². The lowest BCUT2D eigenvalue weighted by Crippen LogP contribution is -2.06. The molecule has 0 fully saturated rings. The van der Waals surface area contributed by atoms with Crippen molar-refractivity contribution < 1.29 is 4.92 Å². The van der Waals surface area contributed by atoms with Gasteiger partial charge >= 0.3 is 5.69 Å². The van der Waals surface area contributed by atoms with Gasteiger partial charge in [0, 0.05) is 12.7 Å². The molecule has 0 amide bonds. The molecule has 0 aliphatic heterocycles. The van der Waals surface area contributed by atoms with Crippen molar-refractivity contribution in [1.82, 2.24) is 9.78 Å². The molecule has 0 saturated heterocycles. The first kappa shape index (κ1) is 12.1. The number of aromatic nitrogens is 2. The van der Waals surface area contributed by atoms with E-state index >= 15 is 0 Å². The first-order valence-electron chi connectivity index (χ1n) is 5.53. The third kappa shape index (κ3) is 1.92. The summed E-state index contributed by atoms with van der Waals surface area (Å²) in [6.07, 6.45) is 0. The Morgan fingerprint density at radius 1 is 1.39 bits per heavy atom. The van der Waals surface area contributed by atoms with Crippen molar-refractivity contribution in [3.63, 3.8) is 0 Å². The summed E-state index contributed by atoms with van der Waals surface area (Å²) in [5, 5.41) is 18.3. The maximum atomic E-state index is 11.2. The zero-order chi connectivity index (χ0) is 13.3. The minimum Gasteiger partial charge on any atom is -0.382 e. The predicted molar refractivity (Wildman–Crippen MR) is 69.2 cm³/mol. The van der Waals surface area contributed by atoms with E-state index in [-0.39, 0.29) is 5.69 Å². The number of hydrogen-bond acceptors (Lipinski definition) is 4. The third-order valence-corrected chi connectivity index (χ3v) is 2.70. The number of aryl methyl sites for hydroxylation is 2. The highest BCUT2D eigenvalue weighted by atomic mass is 16.6. The smallest absolute Gasteiger partial charge is 0.317 e. The van der Waals surface area contributed by atoms with E-state index in [1.54, 1.807) is 29.9 Å². The van der Waals surface area contributed by atoms with E-state index in [0.29, 0.717) is 11.4 Å². The Labute approximate surface area is 104 Å². The predicted octanol–water partition coefficient (Wildman–Crippen LogP) is 2.44. The van der Waals surface area contributed by atoms with Crippen LogP contribution in [0.3, 0.4) is 0 Å². The monoisotopic (exact) mass is 246 g/mol. The molecule has 0 bridgehead atoms. The lowest BCUT2D eigenvalue weighted by molar-refractivity contribution is -0.383. The van der Waals surface area contributed by atoms with Crippen LogP contribution in [-0.4, -0.2) is 21.8 Å². The lowest BCUT2D eigenvalue weighted by atomic mass is 10.2. The quantitative estimate of drug-likeness (QED) is 0.666. The van der Waals surface area contributed by atoms with Gasteiger partial charge in [-0.25, -0.2) is 4.68 Å². The van der Waals surface area contributed by atoms with Crippen LogP contribution in [0, 0.1) is 24.0 Å². The molecule has 0 aliphatic rings. The van der Waals surface area contributed by atoms with Gasteiger partial charge in [-0.15, -0.1) is 0 Å². The summed E-state index contributed by atoms with van der Waals surface area (Å²) >= 11 is 0. The third-order valence-electron chi connectivity index (χ3n) is 2.70. The number of nitro benzene ring substituents is 1. The molecule has 94 valence electrons. The van der Waals surface area contributed by atoms with Crippen LogP contribution in [0.2, 0.25) is 0 Å². The molecule has 0 spiro atoms. The van der Waals surface area contributed by atoms with Crippen LogP contribution in [0.1, 0.15) is 11.4 Å². The molecule has 2 aromatic rings. The molecule has 0 unspecified atom stereocenters. The van der Waals surface area contributed by atoms with Gasteiger partial charge in [-0.05, 0) is 32.0 Å². The molecular formula is C12H14N4O2. The molecule has 6 nitrogen and oxygen atoms in total. The van der Waals surface area contributed by atoms with Crippen LogP contribution < -0.4 is 5.32 Å². The normalized spacial score (nSPS) is 10.4. The van der Waals surface area contributed by atoms with Gasteiger partial charge in [-0.3, -0.25) is 10.1 Å². The fraction of sp³-hybridized carbons (Fsp3) is 0.250. The Kier molecular flexibility index (Phi) is 3.01. The number of nitrogens with one attached hydrogen (secondary N) is 1. The Bertz CT molecular complexity index is 604. The highest BCUT2D eigenvalue weighted by molar-refractivity contribution is 5.70. The Morgan fingerprint density at radius 3 is 2.61 bits per heavy atom. The SMILES string of the molecule is CNc1cccc(-n2nc(C)cc2C)c1[N+](=O)[O-]. The molecule has 0 saturated carbocycles. The maximum Gasteiger partial charge on any atom is 0.317 e. The summed E-state index contributed by atoms with van der Waals surface area (Å²) in [7, 11) is 1.66. The molecule has 18 heavy (non-hydrogen) atoms. The zero-order valence-corrected chi connectivity index (χ0v) is 10.5. The highest BCUT2D eigenvalue weighted by Crippen LogP contribution is 2.31. The largest absolute Gasteiger partial charge is 0.382 e. The van der Waals surface area contributed by atoms with Crippen molar-refractivity contribution in [2.45, 2.75) is 13.8 Å². The summed E-state index contributed by atoms with van der Waals surface area (Å²) in [6.45, 7) is 3.73. The number of hydrogen-bond donors (Lipinski definition) is 1. The van der Waals surface area contributed by atoms with Crippen molar-refractivity contribution in [1.29, 1.82) is 0 Å². The summed E-state index contributed by atoms with van der Waals surface area (Å²) in [4.78, 5) is 10.8. The van der Waals surface area contributed by atoms with Crippen molar-refractivity contribution in [3.05, 3.63) is 45.8 Å². The second-order valence-corrected chi connectivity index (χ2v) is 4.02. The number of nitrogens with zero attached hydrogens (tertiary/aromatic N) is 3. The standard InChI is InChI=1S/C12H14N4O2/c1-8-7-9(2)15(14-8)11-6-4-5-10(13-3)12(11)16(17)18/h4-7,13H,1-3H3. The number of benzene rings is 1. The van der Waals surface area contributed by atoms with Gasteiger partial charge in [0.15, 0.2) is 0 Å². The summed E-state index contributed by atoms with van der Waals surface area (Å²) in [6, 6.07) is 7.02. The van der Waals surface area contributed by atoms with E-state index in [0.717, 1.165) is 11.4 Å². The minimum atomic E-state index is -0.391. The fourth-order valence-electron chi connectivity index (χ4n) is 1.97. The van der Waals surface area contributed by atoms with E-state index in [9.17, 15) is 10.1 Å². The molecule has 0 aliphatic carbocycles. The van der Waals surface area contributed by atoms with Crippen LogP contribution in [0.25, 0.3) is 5.69 Å². The van der Waals surface area contributed by atoms with E-state index < -0.39 is 4.92 Å². The molecule has 1 aromatic carbocycles. The molecule has 1 aromatic heterocycles. The topological polar surface area (TPSA) is 73.0 Å². The van der Waals surface area contributed by atoms with Crippen molar-refractivity contribution in [3.8, 4) is 5.69 Å². The van der Waals surface area contributed by atoms with Crippen LogP contribution in [-0.2, 0) is 0 Å². The van der Waals surface area contributed by atoms with Gasteiger partial charge in [0.1, 0.15) is 11.4 Å². The van der Waals surface area contributed by atoms with Gasteiger partial charge in [0.05, 0.1) is 10.6 Å². The second-order valence-electron chi connectivity index (χ2n) is 4.02. The average Bonchev–Trinajstić information content (AvgIpc) is 2.67. The van der Waals surface area contributed by atoms with Crippen LogP contribution in [0.5, 0.6) is 0 Å². The molecule has 1 heterocycles. The number of para-hydroxylation sites is 1. The Hall–Kier alpha value is -2.37. The Balaban J connectivity index is 2.71. The van der Waals surface area contributed by atoms with Crippen LogP contribution in [0.4, 0.5) is 11.4 Å². The van der Waals surface area contributed by atoms with Crippen molar-refractivity contribution >= 4 is 11.4 Å². The Morgan fingerprint density at radius 2 is 2.11 bits per heavy atom. The average molecular weight is 246 g/mol. The van der Waals surface area contributed by atoms with Gasteiger partial charge in [0.2, 0.25) is 0 Å². The molecule has 1 N–H and O–H groups in total. The maximum absolute atomic E-state index is 11.2. The molecule has 0 atom stereocenters. The van der Waals surface area contributed by atoms with E-state index in [1.165, 1.54) is 0 Å². The minimum absolute atomic E-state index is 0.0335. The molecule has 0 radical (unpaired) electrons. The summed E-state index contributed by atoms with van der Waals surface area (Å²) in [5.74, 6) is 0. The molecular weight excluding hydrogens is 232 g/mol. The first-order chi connectivity index (χ1) is 8.54. The zero-order valence-electron chi connectivity index (χ0n) is 10.5. The summed E-state index contributed by atoms with van der Waals surface area (Å²) < 4.78 is 1.59. The summed E-state index contributed by atoms with van der Waals surface area (Å²) in [5.41, 5.74) is 2.68. The van der Waals surface area contributed by atoms with Gasteiger partial charge in [-0.1, -0.05) is 6.07 Å². The van der Waals surface area contributed by atoms with E-state index in [2.05, 4.69) is 10.4 Å². The number of nitro groups is 1. The van der Waals surface area contributed by atoms with Crippen LogP contribution >= 0.6 is 0 Å². The second kappa shape index (κ2) is 4.48. The van der Waals surface area contributed by atoms with Crippen molar-refractivity contribution in [2.75, 3.05) is 12.4 Å². The van der Waals surface area contributed by atoms with Crippen molar-refractivity contribution in [2.24, 2.45) is 0 Å². The van der Waals surface area contributed by atoms with Gasteiger partial charge in [-0.2, -0.15) is 5.10 Å². The van der Waals surface area contributed by atoms with E-state index in [4.69, 9.17) is 0 Å². The fourth-order valence-corrected chi connectivity index (χ4v) is 1.97. The van der Waals surface area contributed by atoms with Gasteiger partial charge < -0.3 is 5.32 Å². The van der Waals surface area contributed by atoms with E-state index in [1.807, 2.05) is 19.9 Å². The lowest BCUT2D eigenvalue weighted by Gasteiger charge is -2.08. The number of anilines is 1. The first-order valence-corrected chi connectivity index (χ1v) is 5.53.